The van der Waals surface area contributed by atoms with E-state index in [0.29, 0.717) is 29.2 Å². The fraction of sp³-hybridized carbons (Fsp3) is 0. The predicted octanol–water partition coefficient (Wildman–Crippen LogP) is 8.47. The average Bonchev–Trinajstić information content (AvgIpc) is 3.16. The monoisotopic (exact) mass is 863 g/mol. The number of nitro benzene ring substituents is 1. The minimum atomic E-state index is -5.30. The molecule has 0 saturated carbocycles. The molecule has 25 heteroatoms. The molecule has 0 bridgehead atoms. The van der Waals surface area contributed by atoms with E-state index in [1.165, 1.54) is 36.4 Å². The number of phenols is 2. The summed E-state index contributed by atoms with van der Waals surface area (Å²) >= 11 is 0. The van der Waals surface area contributed by atoms with E-state index in [-0.39, 0.29) is 28.5 Å². The number of anilines is 3. The molecule has 59 heavy (non-hydrogen) atoms. The highest BCUT2D eigenvalue weighted by atomic mass is 32.2. The van der Waals surface area contributed by atoms with E-state index >= 15 is 0 Å². The third-order valence-electron chi connectivity index (χ3n) is 7.98. The molecular formula is C34H25N9O13S3. The van der Waals surface area contributed by atoms with Crippen molar-refractivity contribution in [3.05, 3.63) is 113 Å². The summed E-state index contributed by atoms with van der Waals surface area (Å²) in [6, 6.07) is 21.1. The number of phenolic OH excluding ortho intramolecular Hbond substituents is 2. The third-order valence-corrected chi connectivity index (χ3v) is 10.6. The molecule has 22 nitrogen and oxygen atoms in total. The number of nitrogens with zero attached hydrogens (tertiary/aromatic N) is 7. The molecule has 6 aromatic carbocycles. The van der Waals surface area contributed by atoms with Crippen LogP contribution in [0.1, 0.15) is 0 Å². The van der Waals surface area contributed by atoms with Gasteiger partial charge in [0.2, 0.25) is 0 Å². The molecule has 0 atom stereocenters. The minimum Gasteiger partial charge on any atom is -0.508 e. The van der Waals surface area contributed by atoms with E-state index in [4.69, 9.17) is 5.73 Å². The van der Waals surface area contributed by atoms with Crippen LogP contribution in [0, 0.1) is 10.1 Å². The van der Waals surface area contributed by atoms with Crippen LogP contribution < -0.4 is 11.1 Å². The maximum Gasteiger partial charge on any atom is 0.296 e. The summed E-state index contributed by atoms with van der Waals surface area (Å²) in [5, 5.41) is 56.7. The first-order valence-corrected chi connectivity index (χ1v) is 20.4. The highest BCUT2D eigenvalue weighted by Crippen LogP contribution is 2.48. The number of nitrogens with two attached hydrogens (primary N) is 1. The molecule has 0 fully saturated rings. The smallest absolute Gasteiger partial charge is 0.296 e. The van der Waals surface area contributed by atoms with Gasteiger partial charge in [-0.2, -0.15) is 45.7 Å². The van der Waals surface area contributed by atoms with Crippen LogP contribution in [-0.2, 0) is 30.4 Å². The Bertz CT molecular complexity index is 3090. The Hall–Kier alpha value is -7.29. The number of rotatable bonds is 12. The summed E-state index contributed by atoms with van der Waals surface area (Å²) in [7, 11) is -15.5. The first kappa shape index (κ1) is 41.3. The Balaban J connectivity index is 1.38. The van der Waals surface area contributed by atoms with Crippen molar-refractivity contribution in [3.63, 3.8) is 0 Å². The van der Waals surface area contributed by atoms with Gasteiger partial charge >= 0.3 is 0 Å². The van der Waals surface area contributed by atoms with Crippen LogP contribution in [0.3, 0.4) is 0 Å². The summed E-state index contributed by atoms with van der Waals surface area (Å²) < 4.78 is 105. The van der Waals surface area contributed by atoms with E-state index in [2.05, 4.69) is 36.0 Å². The van der Waals surface area contributed by atoms with Crippen molar-refractivity contribution in [2.45, 2.75) is 14.7 Å². The van der Waals surface area contributed by atoms with E-state index in [1.54, 1.807) is 24.3 Å². The zero-order valence-corrected chi connectivity index (χ0v) is 31.7. The van der Waals surface area contributed by atoms with Crippen LogP contribution in [0.15, 0.2) is 149 Å². The zero-order valence-electron chi connectivity index (χ0n) is 29.2. The maximum absolute atomic E-state index is 12.5. The second-order valence-electron chi connectivity index (χ2n) is 12.0. The molecule has 8 N–H and O–H groups in total. The molecule has 0 aliphatic carbocycles. The topological polar surface area (TPSA) is 359 Å². The number of nitrogen functional groups attached to an aromatic ring is 1. The van der Waals surface area contributed by atoms with Gasteiger partial charge in [0.15, 0.2) is 5.75 Å². The van der Waals surface area contributed by atoms with Gasteiger partial charge in [-0.05, 0) is 96.4 Å². The molecule has 0 aromatic heterocycles. The lowest BCUT2D eigenvalue weighted by Crippen LogP contribution is -2.04. The van der Waals surface area contributed by atoms with Gasteiger partial charge in [-0.15, -0.1) is 10.2 Å². The number of benzene rings is 6. The number of azo groups is 3. The molecule has 0 aliphatic heterocycles. The lowest BCUT2D eigenvalue weighted by Gasteiger charge is -2.14. The predicted molar refractivity (Wildman–Crippen MR) is 209 cm³/mol. The molecular weight excluding hydrogens is 839 g/mol. The van der Waals surface area contributed by atoms with Crippen LogP contribution in [0.5, 0.6) is 11.5 Å². The molecule has 6 aromatic rings. The number of aromatic hydroxyl groups is 2. The van der Waals surface area contributed by atoms with E-state index < -0.39 is 83.5 Å². The molecule has 302 valence electrons. The molecule has 0 heterocycles. The third kappa shape index (κ3) is 9.47. The molecule has 0 amide bonds. The number of hydrogen-bond acceptors (Lipinski definition) is 18. The van der Waals surface area contributed by atoms with Crippen LogP contribution in [0.2, 0.25) is 0 Å². The van der Waals surface area contributed by atoms with Crippen LogP contribution in [0.25, 0.3) is 10.8 Å². The van der Waals surface area contributed by atoms with E-state index in [9.17, 15) is 59.2 Å². The zero-order chi connectivity index (χ0) is 42.9. The van der Waals surface area contributed by atoms with Crippen molar-refractivity contribution in [3.8, 4) is 11.5 Å². The molecule has 0 radical (unpaired) electrons. The summed E-state index contributed by atoms with van der Waals surface area (Å²) in [5.74, 6) is -1.05. The second-order valence-corrected chi connectivity index (χ2v) is 16.1. The Morgan fingerprint density at radius 1 is 0.559 bits per heavy atom. The number of non-ortho nitro benzene ring substituents is 1. The Morgan fingerprint density at radius 3 is 1.53 bits per heavy atom. The van der Waals surface area contributed by atoms with Gasteiger partial charge < -0.3 is 21.3 Å². The van der Waals surface area contributed by atoms with Crippen molar-refractivity contribution in [1.29, 1.82) is 0 Å². The van der Waals surface area contributed by atoms with Crippen molar-refractivity contribution in [1.82, 2.24) is 0 Å². The molecule has 6 rings (SSSR count). The quantitative estimate of drug-likeness (QED) is 0.0199. The van der Waals surface area contributed by atoms with E-state index in [0.717, 1.165) is 30.3 Å². The van der Waals surface area contributed by atoms with Gasteiger partial charge in [0, 0.05) is 17.8 Å². The van der Waals surface area contributed by atoms with Crippen molar-refractivity contribution in [2.75, 3.05) is 11.1 Å². The average molecular weight is 864 g/mol. The number of nitrogens with one attached hydrogen (secondary N) is 1. The summed E-state index contributed by atoms with van der Waals surface area (Å²) in [6.45, 7) is 0. The standard InChI is InChI=1S/C34H25N9O13S3/c35-31-30-18(15-28(58(51,52)53)32(31)41-39-21-5-10-24(11-6-21)43(46)47)16-29(59(54,55)56)33(34(30)45)42-40-23-9-14-26(27(17-23)57(48,49)50)36-19-1-3-20(4-2-19)37-38-22-7-12-25(44)13-8-22/h1-17,36,44-45H,35H2,(H,48,49,50)(H,51,52,53)(H,54,55,56). The maximum atomic E-state index is 12.5. The molecule has 0 spiro atoms. The molecule has 0 saturated heterocycles. The van der Waals surface area contributed by atoms with E-state index in [1.807, 2.05) is 0 Å². The number of nitro groups is 1. The SMILES string of the molecule is Nc1c(N=Nc2ccc([N+](=O)[O-])cc2)c(S(=O)(=O)O)cc2cc(S(=O)(=O)O)c(N=Nc3ccc(Nc4ccc(N=Nc5ccc(O)cc5)cc4)c(S(=O)(=O)O)c3)c(O)c12. The summed E-state index contributed by atoms with van der Waals surface area (Å²) in [5.41, 5.74) is 4.19. The van der Waals surface area contributed by atoms with Gasteiger partial charge in [-0.3, -0.25) is 23.8 Å². The number of hydrogen-bond donors (Lipinski definition) is 7. The first-order chi connectivity index (χ1) is 27.7. The van der Waals surface area contributed by atoms with Gasteiger partial charge in [0.25, 0.3) is 36.0 Å². The largest absolute Gasteiger partial charge is 0.508 e. The Labute approximate surface area is 332 Å². The molecule has 0 aliphatic rings. The lowest BCUT2D eigenvalue weighted by atomic mass is 10.1. The number of fused-ring (bicyclic) bond motifs is 1. The van der Waals surface area contributed by atoms with Gasteiger partial charge in [0.05, 0.1) is 44.4 Å². The normalized spacial score (nSPS) is 12.5. The second kappa shape index (κ2) is 15.9. The Kier molecular flexibility index (Phi) is 11.2. The van der Waals surface area contributed by atoms with Crippen LogP contribution in [-0.4, -0.2) is 54.0 Å². The van der Waals surface area contributed by atoms with Gasteiger partial charge in [-0.1, -0.05) is 0 Å². The minimum absolute atomic E-state index is 0.0364. The molecule has 0 unspecified atom stereocenters. The van der Waals surface area contributed by atoms with Gasteiger partial charge in [0.1, 0.15) is 31.8 Å². The van der Waals surface area contributed by atoms with Crippen molar-refractivity contribution < 1.29 is 54.0 Å². The first-order valence-electron chi connectivity index (χ1n) is 16.0. The van der Waals surface area contributed by atoms with Gasteiger partial charge in [-0.25, -0.2) is 0 Å². The van der Waals surface area contributed by atoms with Crippen LogP contribution >= 0.6 is 0 Å². The lowest BCUT2D eigenvalue weighted by molar-refractivity contribution is -0.384. The van der Waals surface area contributed by atoms with Crippen LogP contribution in [0.4, 0.5) is 56.9 Å². The highest BCUT2D eigenvalue weighted by Gasteiger charge is 2.28. The van der Waals surface area contributed by atoms with Crippen molar-refractivity contribution in [2.24, 2.45) is 30.7 Å². The Morgan fingerprint density at radius 2 is 1.00 bits per heavy atom. The highest BCUT2D eigenvalue weighted by molar-refractivity contribution is 7.86. The fourth-order valence-electron chi connectivity index (χ4n) is 5.25. The summed E-state index contributed by atoms with van der Waals surface area (Å²) in [6.07, 6.45) is 0. The van der Waals surface area contributed by atoms with Crippen molar-refractivity contribution >= 4 is 98.0 Å². The fourth-order valence-corrected chi connectivity index (χ4v) is 7.25. The summed E-state index contributed by atoms with van der Waals surface area (Å²) in [4.78, 5) is 7.44.